The number of hydrogen-bond acceptors (Lipinski definition) is 1. The molecule has 0 atom stereocenters. The summed E-state index contributed by atoms with van der Waals surface area (Å²) in [6, 6.07) is 87.9. The first-order valence-corrected chi connectivity index (χ1v) is 20.6. The summed E-state index contributed by atoms with van der Waals surface area (Å²) in [5.74, 6) is 0. The van der Waals surface area contributed by atoms with E-state index in [1.807, 2.05) is 0 Å². The molecule has 0 unspecified atom stereocenters. The van der Waals surface area contributed by atoms with Gasteiger partial charge in [0.1, 0.15) is 0 Å². The fourth-order valence-electron chi connectivity index (χ4n) is 8.86. The monoisotopic (exact) mass is 764 g/mol. The summed E-state index contributed by atoms with van der Waals surface area (Å²) < 4.78 is 2.39. The highest BCUT2D eigenvalue weighted by atomic mass is 15.1. The van der Waals surface area contributed by atoms with E-state index in [0.717, 1.165) is 22.7 Å². The predicted molar refractivity (Wildman–Crippen MR) is 255 cm³/mol. The van der Waals surface area contributed by atoms with Crippen LogP contribution in [0.2, 0.25) is 0 Å². The van der Waals surface area contributed by atoms with Crippen molar-refractivity contribution in [2.45, 2.75) is 0 Å². The maximum absolute atomic E-state index is 2.39. The van der Waals surface area contributed by atoms with Crippen LogP contribution in [-0.2, 0) is 0 Å². The number of aromatic nitrogens is 1. The van der Waals surface area contributed by atoms with E-state index < -0.39 is 0 Å². The highest BCUT2D eigenvalue weighted by Crippen LogP contribution is 2.41. The van der Waals surface area contributed by atoms with Crippen molar-refractivity contribution >= 4 is 49.6 Å². The van der Waals surface area contributed by atoms with E-state index in [9.17, 15) is 0 Å². The molecule has 10 aromatic carbocycles. The average Bonchev–Trinajstić information content (AvgIpc) is 3.67. The summed E-state index contributed by atoms with van der Waals surface area (Å²) in [6.45, 7) is 0. The van der Waals surface area contributed by atoms with Crippen LogP contribution >= 0.6 is 0 Å². The minimum atomic E-state index is 1.08. The maximum Gasteiger partial charge on any atom is 0.0541 e. The van der Waals surface area contributed by atoms with E-state index in [1.54, 1.807) is 0 Å². The minimum Gasteiger partial charge on any atom is -0.310 e. The Kier molecular flexibility index (Phi) is 8.87. The molecule has 60 heavy (non-hydrogen) atoms. The van der Waals surface area contributed by atoms with Crippen LogP contribution in [0.5, 0.6) is 0 Å². The lowest BCUT2D eigenvalue weighted by molar-refractivity contribution is 1.17. The fraction of sp³-hybridized carbons (Fsp3) is 0. The zero-order chi connectivity index (χ0) is 39.8. The number of anilines is 3. The van der Waals surface area contributed by atoms with E-state index >= 15 is 0 Å². The van der Waals surface area contributed by atoms with Gasteiger partial charge in [0.15, 0.2) is 0 Å². The topological polar surface area (TPSA) is 8.17 Å². The Morgan fingerprint density at radius 2 is 0.750 bits per heavy atom. The van der Waals surface area contributed by atoms with Crippen LogP contribution in [0.4, 0.5) is 17.1 Å². The molecule has 11 rings (SSSR count). The number of rotatable bonds is 8. The third-order valence-electron chi connectivity index (χ3n) is 11.8. The number of benzene rings is 10. The SMILES string of the molecule is c1ccc(-c2ccccc2-c2ccc(N(c3ccc(-c4cccc(-c5ccc6ccccc6c5)c4)cc3)c3cccc(-n4c5ccccc5c5ccccc54)c3)cc2)cc1. The van der Waals surface area contributed by atoms with E-state index in [1.165, 1.54) is 77.1 Å². The molecule has 0 N–H and O–H groups in total. The number of para-hydroxylation sites is 2. The van der Waals surface area contributed by atoms with Crippen LogP contribution in [0.25, 0.3) is 82.8 Å². The smallest absolute Gasteiger partial charge is 0.0541 e. The van der Waals surface area contributed by atoms with Gasteiger partial charge in [0.25, 0.3) is 0 Å². The maximum atomic E-state index is 2.39. The van der Waals surface area contributed by atoms with Gasteiger partial charge in [-0.15, -0.1) is 0 Å². The van der Waals surface area contributed by atoms with Crippen LogP contribution in [0, 0.1) is 0 Å². The standard InChI is InChI=1S/C58H40N2/c1-2-15-43(16-3-1)53-22-6-7-23-54(53)44-32-36-50(37-33-44)59(51-20-13-21-52(40-51)60-57-26-10-8-24-55(57)56-25-9-11-27-58(56)60)49-34-30-42(31-35-49)46-18-12-19-47(38-46)48-29-28-41-14-4-5-17-45(41)39-48/h1-40H. The van der Waals surface area contributed by atoms with Gasteiger partial charge in [0, 0.05) is 33.5 Å². The Morgan fingerprint density at radius 3 is 1.43 bits per heavy atom. The summed E-state index contributed by atoms with van der Waals surface area (Å²) >= 11 is 0. The third kappa shape index (κ3) is 6.41. The van der Waals surface area contributed by atoms with Gasteiger partial charge >= 0.3 is 0 Å². The van der Waals surface area contributed by atoms with Gasteiger partial charge in [-0.05, 0) is 122 Å². The first-order valence-electron chi connectivity index (χ1n) is 20.6. The predicted octanol–water partition coefficient (Wildman–Crippen LogP) is 16.1. The van der Waals surface area contributed by atoms with Crippen molar-refractivity contribution in [2.75, 3.05) is 4.90 Å². The van der Waals surface area contributed by atoms with Crippen molar-refractivity contribution in [3.8, 4) is 50.2 Å². The lowest BCUT2D eigenvalue weighted by Crippen LogP contribution is -2.10. The van der Waals surface area contributed by atoms with Gasteiger partial charge in [-0.25, -0.2) is 0 Å². The summed E-state index contributed by atoms with van der Waals surface area (Å²) in [4.78, 5) is 2.37. The molecule has 0 aliphatic rings. The molecule has 0 fully saturated rings. The Balaban J connectivity index is 1.01. The summed E-state index contributed by atoms with van der Waals surface area (Å²) in [7, 11) is 0. The fourth-order valence-corrected chi connectivity index (χ4v) is 8.86. The lowest BCUT2D eigenvalue weighted by atomic mass is 9.94. The van der Waals surface area contributed by atoms with Crippen molar-refractivity contribution < 1.29 is 0 Å². The molecular formula is C58H40N2. The second-order valence-electron chi connectivity index (χ2n) is 15.4. The Labute approximate surface area is 350 Å². The third-order valence-corrected chi connectivity index (χ3v) is 11.8. The first kappa shape index (κ1) is 35.2. The molecular weight excluding hydrogens is 725 g/mol. The van der Waals surface area contributed by atoms with Gasteiger partial charge in [-0.2, -0.15) is 0 Å². The van der Waals surface area contributed by atoms with E-state index in [-0.39, 0.29) is 0 Å². The molecule has 0 saturated heterocycles. The molecule has 1 heterocycles. The molecule has 0 bridgehead atoms. The van der Waals surface area contributed by atoms with Crippen molar-refractivity contribution in [2.24, 2.45) is 0 Å². The molecule has 0 radical (unpaired) electrons. The number of nitrogens with zero attached hydrogens (tertiary/aromatic N) is 2. The molecule has 0 spiro atoms. The van der Waals surface area contributed by atoms with Gasteiger partial charge in [0.05, 0.1) is 11.0 Å². The van der Waals surface area contributed by atoms with Gasteiger partial charge in [-0.1, -0.05) is 176 Å². The highest BCUT2D eigenvalue weighted by Gasteiger charge is 2.17. The molecule has 0 amide bonds. The van der Waals surface area contributed by atoms with E-state index in [4.69, 9.17) is 0 Å². The largest absolute Gasteiger partial charge is 0.310 e. The minimum absolute atomic E-state index is 1.08. The molecule has 282 valence electrons. The normalized spacial score (nSPS) is 11.3. The lowest BCUT2D eigenvalue weighted by Gasteiger charge is -2.27. The molecule has 0 aliphatic carbocycles. The summed E-state index contributed by atoms with van der Waals surface area (Å²) in [5, 5.41) is 5.01. The van der Waals surface area contributed by atoms with Crippen LogP contribution in [0.15, 0.2) is 243 Å². The number of hydrogen-bond donors (Lipinski definition) is 0. The summed E-state index contributed by atoms with van der Waals surface area (Å²) in [6.07, 6.45) is 0. The van der Waals surface area contributed by atoms with Crippen molar-refractivity contribution in [3.05, 3.63) is 243 Å². The zero-order valence-corrected chi connectivity index (χ0v) is 33.0. The quantitative estimate of drug-likeness (QED) is 0.150. The molecule has 1 aromatic heterocycles. The highest BCUT2D eigenvalue weighted by molar-refractivity contribution is 6.09. The van der Waals surface area contributed by atoms with E-state index in [0.29, 0.717) is 0 Å². The van der Waals surface area contributed by atoms with Gasteiger partial charge in [-0.3, -0.25) is 0 Å². The second-order valence-corrected chi connectivity index (χ2v) is 15.4. The van der Waals surface area contributed by atoms with Crippen LogP contribution < -0.4 is 4.90 Å². The second kappa shape index (κ2) is 15.1. The zero-order valence-electron chi connectivity index (χ0n) is 33.0. The Bertz CT molecular complexity index is 3250. The first-order chi connectivity index (χ1) is 29.7. The van der Waals surface area contributed by atoms with Crippen LogP contribution in [0.1, 0.15) is 0 Å². The van der Waals surface area contributed by atoms with Gasteiger partial charge < -0.3 is 9.47 Å². The van der Waals surface area contributed by atoms with Crippen molar-refractivity contribution in [1.82, 2.24) is 4.57 Å². The molecule has 11 aromatic rings. The van der Waals surface area contributed by atoms with Crippen molar-refractivity contribution in [3.63, 3.8) is 0 Å². The Hall–Kier alpha value is -7.94. The summed E-state index contributed by atoms with van der Waals surface area (Å²) in [5.41, 5.74) is 16.4. The van der Waals surface area contributed by atoms with Crippen LogP contribution in [-0.4, -0.2) is 4.57 Å². The number of fused-ring (bicyclic) bond motifs is 4. The van der Waals surface area contributed by atoms with Crippen molar-refractivity contribution in [1.29, 1.82) is 0 Å². The van der Waals surface area contributed by atoms with E-state index in [2.05, 4.69) is 252 Å². The average molecular weight is 765 g/mol. The Morgan fingerprint density at radius 1 is 0.267 bits per heavy atom. The molecule has 2 nitrogen and oxygen atoms in total. The molecule has 0 saturated carbocycles. The van der Waals surface area contributed by atoms with Crippen LogP contribution in [0.3, 0.4) is 0 Å². The van der Waals surface area contributed by atoms with Gasteiger partial charge in [0.2, 0.25) is 0 Å². The molecule has 2 heteroatoms. The molecule has 0 aliphatic heterocycles.